The van der Waals surface area contributed by atoms with Crippen molar-refractivity contribution in [3.05, 3.63) is 70.8 Å². The monoisotopic (exact) mass is 262 g/mol. The largest absolute Gasteiger partial charge is 0.289 e. The zero-order valence-corrected chi connectivity index (χ0v) is 10.0. The molecule has 0 aliphatic heterocycles. The maximum Gasteiger partial charge on any atom is 0.193 e. The molecule has 4 heteroatoms. The van der Waals surface area contributed by atoms with Crippen molar-refractivity contribution in [1.29, 1.82) is 0 Å². The SMILES string of the molecule is O=C(c1cc(F)cc(F)c1)c1ccccc1C=S. The van der Waals surface area contributed by atoms with Gasteiger partial charge in [0.15, 0.2) is 5.78 Å². The Bertz CT molecular complexity index is 603. The average Bonchev–Trinajstić information content (AvgIpc) is 2.36. The van der Waals surface area contributed by atoms with Crippen molar-refractivity contribution in [3.8, 4) is 0 Å². The van der Waals surface area contributed by atoms with Crippen LogP contribution in [0.5, 0.6) is 0 Å². The van der Waals surface area contributed by atoms with Crippen molar-refractivity contribution >= 4 is 23.4 Å². The van der Waals surface area contributed by atoms with Gasteiger partial charge in [-0.2, -0.15) is 0 Å². The van der Waals surface area contributed by atoms with Crippen LogP contribution in [-0.2, 0) is 0 Å². The van der Waals surface area contributed by atoms with E-state index in [1.165, 1.54) is 5.37 Å². The van der Waals surface area contributed by atoms with Crippen molar-refractivity contribution in [1.82, 2.24) is 0 Å². The highest BCUT2D eigenvalue weighted by Gasteiger charge is 2.14. The summed E-state index contributed by atoms with van der Waals surface area (Å²) >= 11 is 4.80. The van der Waals surface area contributed by atoms with E-state index in [9.17, 15) is 13.6 Å². The van der Waals surface area contributed by atoms with E-state index in [4.69, 9.17) is 12.2 Å². The number of carbonyl (C=O) groups is 1. The van der Waals surface area contributed by atoms with E-state index in [0.29, 0.717) is 11.1 Å². The fourth-order valence-corrected chi connectivity index (χ4v) is 1.85. The molecule has 2 aromatic carbocycles. The third kappa shape index (κ3) is 2.49. The summed E-state index contributed by atoms with van der Waals surface area (Å²) in [6.07, 6.45) is 0. The van der Waals surface area contributed by atoms with Crippen LogP contribution >= 0.6 is 12.2 Å². The first-order valence-corrected chi connectivity index (χ1v) is 5.64. The van der Waals surface area contributed by atoms with E-state index in [-0.39, 0.29) is 5.56 Å². The molecule has 0 fully saturated rings. The zero-order chi connectivity index (χ0) is 13.1. The van der Waals surface area contributed by atoms with Crippen molar-refractivity contribution in [2.75, 3.05) is 0 Å². The number of carbonyl (C=O) groups excluding carboxylic acids is 1. The Morgan fingerprint density at radius 2 is 1.67 bits per heavy atom. The summed E-state index contributed by atoms with van der Waals surface area (Å²) in [5.41, 5.74) is 0.858. The van der Waals surface area contributed by atoms with Gasteiger partial charge in [0, 0.05) is 22.6 Å². The molecule has 0 aliphatic carbocycles. The second-order valence-corrected chi connectivity index (χ2v) is 3.93. The molecule has 0 aliphatic rings. The fraction of sp³-hybridized carbons (Fsp3) is 0. The Kier molecular flexibility index (Phi) is 3.58. The van der Waals surface area contributed by atoms with Gasteiger partial charge in [-0.05, 0) is 17.7 Å². The van der Waals surface area contributed by atoms with E-state index in [2.05, 4.69) is 0 Å². The molecule has 18 heavy (non-hydrogen) atoms. The third-order valence-electron chi connectivity index (χ3n) is 2.46. The number of rotatable bonds is 3. The first-order valence-electron chi connectivity index (χ1n) is 5.17. The molecule has 0 saturated carbocycles. The fourth-order valence-electron chi connectivity index (χ4n) is 1.65. The van der Waals surface area contributed by atoms with Crippen LogP contribution in [0.2, 0.25) is 0 Å². The highest BCUT2D eigenvalue weighted by molar-refractivity contribution is 7.79. The molecule has 0 aromatic heterocycles. The Hall–Kier alpha value is -1.94. The number of benzene rings is 2. The topological polar surface area (TPSA) is 17.1 Å². The highest BCUT2D eigenvalue weighted by Crippen LogP contribution is 2.16. The van der Waals surface area contributed by atoms with Crippen LogP contribution in [0.1, 0.15) is 21.5 Å². The lowest BCUT2D eigenvalue weighted by molar-refractivity contribution is 0.103. The molecule has 0 heterocycles. The minimum Gasteiger partial charge on any atom is -0.289 e. The second kappa shape index (κ2) is 5.14. The van der Waals surface area contributed by atoms with Crippen LogP contribution in [0, 0.1) is 11.6 Å². The summed E-state index contributed by atoms with van der Waals surface area (Å²) in [6.45, 7) is 0. The molecule has 90 valence electrons. The minimum absolute atomic E-state index is 0.0307. The molecule has 0 radical (unpaired) electrons. The van der Waals surface area contributed by atoms with Gasteiger partial charge >= 0.3 is 0 Å². The Balaban J connectivity index is 2.51. The van der Waals surface area contributed by atoms with Gasteiger partial charge in [0.25, 0.3) is 0 Å². The number of hydrogen-bond acceptors (Lipinski definition) is 2. The standard InChI is InChI=1S/C14H8F2OS/c15-11-5-10(6-12(16)7-11)14(17)13-4-2-1-3-9(13)8-18/h1-8H. The zero-order valence-electron chi connectivity index (χ0n) is 9.19. The highest BCUT2D eigenvalue weighted by atomic mass is 32.1. The van der Waals surface area contributed by atoms with E-state index in [1.807, 2.05) is 0 Å². The van der Waals surface area contributed by atoms with Crippen LogP contribution < -0.4 is 0 Å². The number of ketones is 1. The van der Waals surface area contributed by atoms with Gasteiger partial charge in [0.1, 0.15) is 11.6 Å². The summed E-state index contributed by atoms with van der Waals surface area (Å²) in [7, 11) is 0. The molecule has 1 nitrogen and oxygen atoms in total. The van der Waals surface area contributed by atoms with Gasteiger partial charge in [0.2, 0.25) is 0 Å². The smallest absolute Gasteiger partial charge is 0.193 e. The summed E-state index contributed by atoms with van der Waals surface area (Å²) < 4.78 is 26.1. The maximum absolute atomic E-state index is 13.1. The van der Waals surface area contributed by atoms with Gasteiger partial charge in [0.05, 0.1) is 0 Å². The van der Waals surface area contributed by atoms with E-state index >= 15 is 0 Å². The molecule has 0 amide bonds. The molecule has 0 unspecified atom stereocenters. The molecular weight excluding hydrogens is 254 g/mol. The molecule has 0 spiro atoms. The van der Waals surface area contributed by atoms with Gasteiger partial charge in [-0.25, -0.2) is 8.78 Å². The Labute approximate surface area is 108 Å². The molecule has 0 N–H and O–H groups in total. The molecule has 2 aromatic rings. The third-order valence-corrected chi connectivity index (χ3v) is 2.71. The minimum atomic E-state index is -0.779. The maximum atomic E-state index is 13.1. The van der Waals surface area contributed by atoms with Crippen molar-refractivity contribution in [2.45, 2.75) is 0 Å². The van der Waals surface area contributed by atoms with Crippen LogP contribution in [-0.4, -0.2) is 11.2 Å². The van der Waals surface area contributed by atoms with E-state index < -0.39 is 17.4 Å². The van der Waals surface area contributed by atoms with Crippen LogP contribution in [0.3, 0.4) is 0 Å². The van der Waals surface area contributed by atoms with Gasteiger partial charge in [-0.15, -0.1) is 0 Å². The number of thiocarbonyl (C=S) groups is 1. The summed E-state index contributed by atoms with van der Waals surface area (Å²) in [4.78, 5) is 12.1. The lowest BCUT2D eigenvalue weighted by Crippen LogP contribution is -2.05. The summed E-state index contributed by atoms with van der Waals surface area (Å²) in [6, 6.07) is 9.39. The molecule has 2 rings (SSSR count). The first-order chi connectivity index (χ1) is 8.61. The van der Waals surface area contributed by atoms with E-state index in [1.54, 1.807) is 24.3 Å². The lowest BCUT2D eigenvalue weighted by Gasteiger charge is -2.05. The van der Waals surface area contributed by atoms with Gasteiger partial charge in [-0.1, -0.05) is 36.5 Å². The number of hydrogen-bond donors (Lipinski definition) is 0. The quantitative estimate of drug-likeness (QED) is 0.621. The van der Waals surface area contributed by atoms with Crippen molar-refractivity contribution in [3.63, 3.8) is 0 Å². The lowest BCUT2D eigenvalue weighted by atomic mass is 9.99. The molecular formula is C14H8F2OS. The molecule has 0 bridgehead atoms. The summed E-state index contributed by atoms with van der Waals surface area (Å²) in [5, 5.41) is 1.36. The van der Waals surface area contributed by atoms with Crippen LogP contribution in [0.4, 0.5) is 8.78 Å². The van der Waals surface area contributed by atoms with E-state index in [0.717, 1.165) is 18.2 Å². The molecule has 0 saturated heterocycles. The predicted octanol–water partition coefficient (Wildman–Crippen LogP) is 3.54. The molecule has 0 atom stereocenters. The first kappa shape index (κ1) is 12.5. The normalized spacial score (nSPS) is 10.1. The van der Waals surface area contributed by atoms with Crippen molar-refractivity contribution in [2.24, 2.45) is 0 Å². The summed E-state index contributed by atoms with van der Waals surface area (Å²) in [5.74, 6) is -2.01. The van der Waals surface area contributed by atoms with Crippen LogP contribution in [0.25, 0.3) is 0 Å². The second-order valence-electron chi connectivity index (χ2n) is 3.69. The average molecular weight is 262 g/mol. The van der Waals surface area contributed by atoms with Crippen LogP contribution in [0.15, 0.2) is 42.5 Å². The Morgan fingerprint density at radius 1 is 1.06 bits per heavy atom. The van der Waals surface area contributed by atoms with Gasteiger partial charge < -0.3 is 0 Å². The number of halogens is 2. The predicted molar refractivity (Wildman–Crippen MR) is 69.0 cm³/mol. The van der Waals surface area contributed by atoms with Crippen molar-refractivity contribution < 1.29 is 13.6 Å². The van der Waals surface area contributed by atoms with Gasteiger partial charge in [-0.3, -0.25) is 4.79 Å². The Morgan fingerprint density at radius 3 is 2.28 bits per heavy atom.